The van der Waals surface area contributed by atoms with Gasteiger partial charge in [-0.25, -0.2) is 12.8 Å². The van der Waals surface area contributed by atoms with Gasteiger partial charge in [-0.05, 0) is 37.1 Å². The van der Waals surface area contributed by atoms with Gasteiger partial charge in [0.2, 0.25) is 10.0 Å². The number of benzene rings is 2. The summed E-state index contributed by atoms with van der Waals surface area (Å²) in [5.41, 5.74) is 1.92. The Balaban J connectivity index is 1.86. The molecule has 23 heavy (non-hydrogen) atoms. The Morgan fingerprint density at radius 2 is 1.91 bits per heavy atom. The smallest absolute Gasteiger partial charge is 0.235 e. The molecule has 1 N–H and O–H groups in total. The fourth-order valence-electron chi connectivity index (χ4n) is 2.78. The molecule has 1 aliphatic heterocycles. The van der Waals surface area contributed by atoms with Crippen molar-refractivity contribution < 1.29 is 12.8 Å². The summed E-state index contributed by atoms with van der Waals surface area (Å²) in [4.78, 5) is 0. The van der Waals surface area contributed by atoms with Gasteiger partial charge in [0.15, 0.2) is 0 Å². The second kappa shape index (κ2) is 6.20. The lowest BCUT2D eigenvalue weighted by Gasteiger charge is -2.20. The van der Waals surface area contributed by atoms with E-state index in [1.807, 2.05) is 37.3 Å². The average Bonchev–Trinajstić information content (AvgIpc) is 2.89. The SMILES string of the molecule is C[C@@H](Nc1ccc(F)c(N2CCCS2(=O)=O)c1)c1ccccc1. The Morgan fingerprint density at radius 1 is 1.17 bits per heavy atom. The monoisotopic (exact) mass is 334 g/mol. The molecule has 2 aromatic carbocycles. The van der Waals surface area contributed by atoms with Crippen LogP contribution in [0.1, 0.15) is 24.9 Å². The number of hydrogen-bond acceptors (Lipinski definition) is 3. The van der Waals surface area contributed by atoms with Crippen LogP contribution in [0.4, 0.5) is 15.8 Å². The first kappa shape index (κ1) is 15.8. The van der Waals surface area contributed by atoms with E-state index in [0.29, 0.717) is 18.7 Å². The fourth-order valence-corrected chi connectivity index (χ4v) is 4.34. The van der Waals surface area contributed by atoms with E-state index in [1.165, 1.54) is 10.4 Å². The van der Waals surface area contributed by atoms with Gasteiger partial charge in [0.25, 0.3) is 0 Å². The van der Waals surface area contributed by atoms with Gasteiger partial charge in [0, 0.05) is 18.3 Å². The number of nitrogens with one attached hydrogen (secondary N) is 1. The largest absolute Gasteiger partial charge is 0.378 e. The molecule has 0 amide bonds. The molecule has 0 radical (unpaired) electrons. The third-order valence-electron chi connectivity index (χ3n) is 4.00. The molecule has 4 nitrogen and oxygen atoms in total. The van der Waals surface area contributed by atoms with Crippen molar-refractivity contribution in [1.82, 2.24) is 0 Å². The van der Waals surface area contributed by atoms with Crippen LogP contribution >= 0.6 is 0 Å². The van der Waals surface area contributed by atoms with Gasteiger partial charge in [-0.15, -0.1) is 0 Å². The van der Waals surface area contributed by atoms with E-state index in [1.54, 1.807) is 12.1 Å². The normalized spacial score (nSPS) is 17.9. The van der Waals surface area contributed by atoms with Crippen molar-refractivity contribution in [1.29, 1.82) is 0 Å². The molecule has 1 saturated heterocycles. The van der Waals surface area contributed by atoms with Crippen LogP contribution in [-0.4, -0.2) is 20.7 Å². The summed E-state index contributed by atoms with van der Waals surface area (Å²) in [7, 11) is -3.39. The van der Waals surface area contributed by atoms with Gasteiger partial charge < -0.3 is 5.32 Å². The van der Waals surface area contributed by atoms with Crippen molar-refractivity contribution in [2.75, 3.05) is 21.9 Å². The molecular weight excluding hydrogens is 315 g/mol. The summed E-state index contributed by atoms with van der Waals surface area (Å²) in [6.07, 6.45) is 0.528. The zero-order valence-electron chi connectivity index (χ0n) is 12.9. The van der Waals surface area contributed by atoms with Crippen molar-refractivity contribution >= 4 is 21.4 Å². The molecule has 1 heterocycles. The number of sulfonamides is 1. The van der Waals surface area contributed by atoms with Gasteiger partial charge in [0.05, 0.1) is 11.4 Å². The molecule has 0 aliphatic carbocycles. The number of hydrogen-bond donors (Lipinski definition) is 1. The van der Waals surface area contributed by atoms with E-state index in [0.717, 1.165) is 5.56 Å². The second-order valence-corrected chi connectivity index (χ2v) is 7.70. The maximum absolute atomic E-state index is 14.1. The fraction of sp³-hybridized carbons (Fsp3) is 0.294. The lowest BCUT2D eigenvalue weighted by Crippen LogP contribution is -2.26. The standard InChI is InChI=1S/C17H19FN2O2S/c1-13(14-6-3-2-4-7-14)19-15-8-9-16(18)17(12-15)20-10-5-11-23(20,21)22/h2-4,6-9,12-13,19H,5,10-11H2,1H3/t13-/m1/s1. The van der Waals surface area contributed by atoms with E-state index in [4.69, 9.17) is 0 Å². The third kappa shape index (κ3) is 3.32. The Kier molecular flexibility index (Phi) is 4.26. The molecule has 0 spiro atoms. The van der Waals surface area contributed by atoms with Crippen LogP contribution < -0.4 is 9.62 Å². The van der Waals surface area contributed by atoms with Crippen molar-refractivity contribution in [2.24, 2.45) is 0 Å². The second-order valence-electron chi connectivity index (χ2n) is 5.68. The minimum atomic E-state index is -3.39. The maximum Gasteiger partial charge on any atom is 0.235 e. The summed E-state index contributed by atoms with van der Waals surface area (Å²) in [6.45, 7) is 2.34. The maximum atomic E-state index is 14.1. The van der Waals surface area contributed by atoms with Crippen LogP contribution in [0.2, 0.25) is 0 Å². The van der Waals surface area contributed by atoms with Crippen LogP contribution in [-0.2, 0) is 10.0 Å². The molecule has 3 rings (SSSR count). The highest BCUT2D eigenvalue weighted by atomic mass is 32.2. The molecule has 6 heteroatoms. The predicted molar refractivity (Wildman–Crippen MR) is 90.6 cm³/mol. The van der Waals surface area contributed by atoms with E-state index in [-0.39, 0.29) is 17.5 Å². The molecule has 122 valence electrons. The van der Waals surface area contributed by atoms with E-state index >= 15 is 0 Å². The van der Waals surface area contributed by atoms with E-state index in [2.05, 4.69) is 5.32 Å². The molecule has 2 aromatic rings. The van der Waals surface area contributed by atoms with Crippen LogP contribution in [0, 0.1) is 5.82 Å². The molecule has 1 fully saturated rings. The zero-order chi connectivity index (χ0) is 16.4. The third-order valence-corrected chi connectivity index (χ3v) is 5.85. The predicted octanol–water partition coefficient (Wildman–Crippen LogP) is 3.54. The summed E-state index contributed by atoms with van der Waals surface area (Å²) in [5, 5.41) is 3.29. The highest BCUT2D eigenvalue weighted by Crippen LogP contribution is 2.30. The minimum absolute atomic E-state index is 0.0321. The van der Waals surface area contributed by atoms with Crippen LogP contribution in [0.15, 0.2) is 48.5 Å². The Morgan fingerprint density at radius 3 is 2.57 bits per heavy atom. The van der Waals surface area contributed by atoms with Crippen molar-refractivity contribution in [3.8, 4) is 0 Å². The van der Waals surface area contributed by atoms with Crippen molar-refractivity contribution in [3.05, 3.63) is 59.9 Å². The lowest BCUT2D eigenvalue weighted by molar-refractivity contribution is 0.595. The Hall–Kier alpha value is -2.08. The van der Waals surface area contributed by atoms with Gasteiger partial charge in [-0.3, -0.25) is 4.31 Å². The van der Waals surface area contributed by atoms with Crippen LogP contribution in [0.3, 0.4) is 0 Å². The van der Waals surface area contributed by atoms with Gasteiger partial charge in [0.1, 0.15) is 5.82 Å². The van der Waals surface area contributed by atoms with E-state index in [9.17, 15) is 12.8 Å². The molecule has 0 saturated carbocycles. The quantitative estimate of drug-likeness (QED) is 0.930. The summed E-state index contributed by atoms with van der Waals surface area (Å²) < 4.78 is 39.3. The average molecular weight is 334 g/mol. The molecule has 1 aliphatic rings. The van der Waals surface area contributed by atoms with Crippen LogP contribution in [0.25, 0.3) is 0 Å². The lowest BCUT2D eigenvalue weighted by atomic mass is 10.1. The summed E-state index contributed by atoms with van der Waals surface area (Å²) >= 11 is 0. The zero-order valence-corrected chi connectivity index (χ0v) is 13.7. The first-order valence-corrected chi connectivity index (χ1v) is 9.20. The topological polar surface area (TPSA) is 49.4 Å². The summed E-state index contributed by atoms with van der Waals surface area (Å²) in [6, 6.07) is 14.4. The first-order valence-electron chi connectivity index (χ1n) is 7.59. The Bertz CT molecular complexity index is 793. The molecular formula is C17H19FN2O2S. The highest BCUT2D eigenvalue weighted by Gasteiger charge is 2.30. The molecule has 0 aromatic heterocycles. The highest BCUT2D eigenvalue weighted by molar-refractivity contribution is 7.93. The molecule has 0 bridgehead atoms. The van der Waals surface area contributed by atoms with E-state index < -0.39 is 15.8 Å². The Labute approximate surface area is 136 Å². The van der Waals surface area contributed by atoms with Gasteiger partial charge >= 0.3 is 0 Å². The number of halogens is 1. The van der Waals surface area contributed by atoms with Crippen molar-refractivity contribution in [2.45, 2.75) is 19.4 Å². The molecule has 0 unspecified atom stereocenters. The van der Waals surface area contributed by atoms with Gasteiger partial charge in [-0.1, -0.05) is 30.3 Å². The molecule has 1 atom stereocenters. The first-order chi connectivity index (χ1) is 11.0. The number of nitrogens with zero attached hydrogens (tertiary/aromatic N) is 1. The van der Waals surface area contributed by atoms with Crippen molar-refractivity contribution in [3.63, 3.8) is 0 Å². The minimum Gasteiger partial charge on any atom is -0.378 e. The number of rotatable bonds is 4. The summed E-state index contributed by atoms with van der Waals surface area (Å²) in [5.74, 6) is -0.446. The van der Waals surface area contributed by atoms with Gasteiger partial charge in [-0.2, -0.15) is 0 Å². The number of anilines is 2. The van der Waals surface area contributed by atoms with Crippen LogP contribution in [0.5, 0.6) is 0 Å².